The van der Waals surface area contributed by atoms with E-state index in [1.54, 1.807) is 0 Å². The maximum absolute atomic E-state index is 6.10. The van der Waals surface area contributed by atoms with E-state index in [1.165, 1.54) is 22.4 Å². The molecule has 1 nitrogen and oxygen atoms in total. The predicted octanol–water partition coefficient (Wildman–Crippen LogP) is 5.27. The molecular weight excluding hydrogens is 277 g/mol. The molecule has 3 heteroatoms. The summed E-state index contributed by atoms with van der Waals surface area (Å²) in [4.78, 5) is 0. The molecule has 1 heterocycles. The molecule has 19 heavy (non-hydrogen) atoms. The average molecular weight is 292 g/mol. The van der Waals surface area contributed by atoms with Crippen LogP contribution >= 0.6 is 23.2 Å². The van der Waals surface area contributed by atoms with Gasteiger partial charge in [0.05, 0.1) is 16.1 Å². The summed E-state index contributed by atoms with van der Waals surface area (Å²) < 4.78 is 0. The molecule has 2 aromatic rings. The van der Waals surface area contributed by atoms with Crippen LogP contribution in [0.15, 0.2) is 36.4 Å². The minimum Gasteiger partial charge on any atom is -0.377 e. The van der Waals surface area contributed by atoms with E-state index >= 15 is 0 Å². The zero-order chi connectivity index (χ0) is 13.4. The van der Waals surface area contributed by atoms with Crippen molar-refractivity contribution in [1.82, 2.24) is 0 Å². The lowest BCUT2D eigenvalue weighted by Gasteiger charge is -2.13. The highest BCUT2D eigenvalue weighted by Crippen LogP contribution is 2.38. The number of hydrogen-bond donors (Lipinski definition) is 1. The van der Waals surface area contributed by atoms with Crippen LogP contribution in [0.2, 0.25) is 10.0 Å². The Morgan fingerprint density at radius 3 is 2.74 bits per heavy atom. The van der Waals surface area contributed by atoms with Gasteiger partial charge in [0.15, 0.2) is 0 Å². The number of para-hydroxylation sites is 1. The number of hydrogen-bond acceptors (Lipinski definition) is 1. The number of fused-ring (bicyclic) bond motifs is 1. The van der Waals surface area contributed by atoms with E-state index in [1.807, 2.05) is 18.2 Å². The molecule has 0 spiro atoms. The number of halogens is 2. The van der Waals surface area contributed by atoms with Crippen molar-refractivity contribution in [1.29, 1.82) is 0 Å². The van der Waals surface area contributed by atoms with Gasteiger partial charge in [-0.15, -0.1) is 0 Å². The number of benzene rings is 2. The summed E-state index contributed by atoms with van der Waals surface area (Å²) in [6.45, 7) is 2.18. The Balaban J connectivity index is 1.93. The molecule has 0 bridgehead atoms. The third-order valence-corrected chi connectivity index (χ3v) is 4.45. The fourth-order valence-electron chi connectivity index (χ4n) is 2.68. The van der Waals surface area contributed by atoms with Crippen molar-refractivity contribution < 1.29 is 0 Å². The second-order valence-electron chi connectivity index (χ2n) is 4.88. The van der Waals surface area contributed by atoms with Gasteiger partial charge in [-0.2, -0.15) is 0 Å². The van der Waals surface area contributed by atoms with Crippen molar-refractivity contribution in [2.75, 3.05) is 5.32 Å². The fraction of sp³-hybridized carbons (Fsp3) is 0.250. The van der Waals surface area contributed by atoms with Gasteiger partial charge in [-0.3, -0.25) is 0 Å². The van der Waals surface area contributed by atoms with E-state index in [0.29, 0.717) is 10.0 Å². The summed E-state index contributed by atoms with van der Waals surface area (Å²) in [7, 11) is 0. The summed E-state index contributed by atoms with van der Waals surface area (Å²) in [6, 6.07) is 12.7. The summed E-state index contributed by atoms with van der Waals surface area (Å²) >= 11 is 12.1. The first-order valence-electron chi connectivity index (χ1n) is 6.51. The van der Waals surface area contributed by atoms with Crippen molar-refractivity contribution in [3.05, 3.63) is 63.1 Å². The van der Waals surface area contributed by atoms with Crippen LogP contribution in [0.1, 0.15) is 29.7 Å². The highest BCUT2D eigenvalue weighted by molar-refractivity contribution is 6.42. The zero-order valence-corrected chi connectivity index (χ0v) is 12.2. The van der Waals surface area contributed by atoms with Gasteiger partial charge in [0.1, 0.15) is 0 Å². The van der Waals surface area contributed by atoms with Crippen molar-refractivity contribution in [2.45, 2.75) is 25.8 Å². The van der Waals surface area contributed by atoms with Crippen LogP contribution < -0.4 is 5.32 Å². The predicted molar refractivity (Wildman–Crippen MR) is 82.3 cm³/mol. The minimum atomic E-state index is 0.289. The summed E-state index contributed by atoms with van der Waals surface area (Å²) in [5.41, 5.74) is 5.24. The first kappa shape index (κ1) is 12.8. The van der Waals surface area contributed by atoms with Crippen molar-refractivity contribution in [3.63, 3.8) is 0 Å². The van der Waals surface area contributed by atoms with Gasteiger partial charge in [-0.05, 0) is 41.7 Å². The van der Waals surface area contributed by atoms with Crippen molar-refractivity contribution in [2.24, 2.45) is 0 Å². The Bertz CT molecular complexity index is 622. The maximum Gasteiger partial charge on any atom is 0.0595 e. The van der Waals surface area contributed by atoms with Gasteiger partial charge in [-0.1, -0.05) is 54.4 Å². The molecule has 0 amide bonds. The maximum atomic E-state index is 6.10. The van der Waals surface area contributed by atoms with Crippen LogP contribution in [-0.2, 0) is 12.8 Å². The second kappa shape index (κ2) is 5.07. The van der Waals surface area contributed by atoms with Crippen LogP contribution in [-0.4, -0.2) is 0 Å². The molecule has 1 unspecified atom stereocenters. The summed E-state index contributed by atoms with van der Waals surface area (Å²) in [5.74, 6) is 0. The smallest absolute Gasteiger partial charge is 0.0595 e. The first-order chi connectivity index (χ1) is 9.19. The lowest BCUT2D eigenvalue weighted by atomic mass is 10.0. The second-order valence-corrected chi connectivity index (χ2v) is 5.69. The first-order valence-corrected chi connectivity index (χ1v) is 7.27. The third-order valence-electron chi connectivity index (χ3n) is 3.71. The zero-order valence-electron chi connectivity index (χ0n) is 10.7. The number of nitrogens with one attached hydrogen (secondary N) is 1. The molecule has 1 aliphatic heterocycles. The highest BCUT2D eigenvalue weighted by atomic mass is 35.5. The van der Waals surface area contributed by atoms with Crippen LogP contribution in [0.3, 0.4) is 0 Å². The van der Waals surface area contributed by atoms with Gasteiger partial charge < -0.3 is 5.32 Å². The summed E-state index contributed by atoms with van der Waals surface area (Å²) in [6.07, 6.45) is 2.05. The Kier molecular flexibility index (Phi) is 3.42. The van der Waals surface area contributed by atoms with E-state index < -0.39 is 0 Å². The summed E-state index contributed by atoms with van der Waals surface area (Å²) in [5, 5.41) is 4.84. The van der Waals surface area contributed by atoms with Crippen LogP contribution in [0, 0.1) is 0 Å². The van der Waals surface area contributed by atoms with Crippen LogP contribution in [0.25, 0.3) is 0 Å². The Morgan fingerprint density at radius 2 is 2.00 bits per heavy atom. The van der Waals surface area contributed by atoms with E-state index in [9.17, 15) is 0 Å². The van der Waals surface area contributed by atoms with E-state index in [-0.39, 0.29) is 6.04 Å². The van der Waals surface area contributed by atoms with E-state index in [2.05, 4.69) is 30.4 Å². The van der Waals surface area contributed by atoms with Gasteiger partial charge in [-0.25, -0.2) is 0 Å². The third kappa shape index (κ3) is 2.33. The van der Waals surface area contributed by atoms with Gasteiger partial charge in [0, 0.05) is 5.69 Å². The quantitative estimate of drug-likeness (QED) is 0.795. The molecule has 0 fully saturated rings. The number of rotatable bonds is 2. The highest BCUT2D eigenvalue weighted by Gasteiger charge is 2.23. The molecule has 1 N–H and O–H groups in total. The Morgan fingerprint density at radius 1 is 1.16 bits per heavy atom. The monoisotopic (exact) mass is 291 g/mol. The van der Waals surface area contributed by atoms with Gasteiger partial charge in [0.25, 0.3) is 0 Å². The normalized spacial score (nSPS) is 17.1. The lowest BCUT2D eigenvalue weighted by molar-refractivity contribution is 0.824. The molecule has 1 aliphatic rings. The topological polar surface area (TPSA) is 12.0 Å². The van der Waals surface area contributed by atoms with E-state index in [0.717, 1.165) is 12.8 Å². The molecule has 0 saturated heterocycles. The molecule has 0 saturated carbocycles. The number of anilines is 1. The van der Waals surface area contributed by atoms with Crippen molar-refractivity contribution in [3.8, 4) is 0 Å². The van der Waals surface area contributed by atoms with Gasteiger partial charge >= 0.3 is 0 Å². The molecule has 0 radical (unpaired) electrons. The molecule has 98 valence electrons. The average Bonchev–Trinajstić information content (AvgIpc) is 2.85. The Hall–Kier alpha value is -1.18. The van der Waals surface area contributed by atoms with Gasteiger partial charge in [0.2, 0.25) is 0 Å². The minimum absolute atomic E-state index is 0.289. The molecular formula is C16H15Cl2N. The Labute approximate surface area is 123 Å². The van der Waals surface area contributed by atoms with E-state index in [4.69, 9.17) is 23.2 Å². The SMILES string of the molecule is CCc1cccc2c1NC(c1ccc(Cl)c(Cl)c1)C2. The fourth-order valence-corrected chi connectivity index (χ4v) is 2.99. The van der Waals surface area contributed by atoms with Crippen molar-refractivity contribution >= 4 is 28.9 Å². The van der Waals surface area contributed by atoms with Crippen LogP contribution in [0.4, 0.5) is 5.69 Å². The number of aryl methyl sites for hydroxylation is 1. The standard InChI is InChI=1S/C16H15Cl2N/c1-2-10-4-3-5-12-9-15(19-16(10)12)11-6-7-13(17)14(18)8-11/h3-8,15,19H,2,9H2,1H3. The lowest BCUT2D eigenvalue weighted by Crippen LogP contribution is -2.06. The molecule has 0 aromatic heterocycles. The largest absolute Gasteiger partial charge is 0.377 e. The molecule has 2 aromatic carbocycles. The van der Waals surface area contributed by atoms with Crippen LogP contribution in [0.5, 0.6) is 0 Å². The molecule has 3 rings (SSSR count). The molecule has 1 atom stereocenters. The molecule has 0 aliphatic carbocycles.